The van der Waals surface area contributed by atoms with E-state index < -0.39 is 18.7 Å². The molecule has 0 atom stereocenters. The van der Waals surface area contributed by atoms with Gasteiger partial charge >= 0.3 is 10.4 Å². The topological polar surface area (TPSA) is 63.6 Å². The first-order chi connectivity index (χ1) is 5.39. The third-order valence-corrected chi connectivity index (χ3v) is 8.34. The van der Waals surface area contributed by atoms with Gasteiger partial charge in [-0.25, -0.2) is 0 Å². The minimum Gasteiger partial charge on any atom is -0.294 e. The highest BCUT2D eigenvalue weighted by Gasteiger charge is 2.33. The van der Waals surface area contributed by atoms with Crippen molar-refractivity contribution in [3.05, 3.63) is 0 Å². The Morgan fingerprint density at radius 2 is 1.50 bits per heavy atom. The van der Waals surface area contributed by atoms with Crippen LogP contribution in [0.5, 0.6) is 0 Å². The van der Waals surface area contributed by atoms with Crippen molar-refractivity contribution in [2.75, 3.05) is 0 Å². The van der Waals surface area contributed by atoms with E-state index in [0.29, 0.717) is 18.1 Å². The minimum absolute atomic E-state index is 0.708. The summed E-state index contributed by atoms with van der Waals surface area (Å²) in [4.78, 5) is 0. The summed E-state index contributed by atoms with van der Waals surface area (Å²) in [5.74, 6) is 0. The molecule has 0 bridgehead atoms. The van der Waals surface area contributed by atoms with Gasteiger partial charge in [0.2, 0.25) is 8.32 Å². The minimum atomic E-state index is -4.26. The standard InChI is InChI=1S/C6H16O4SSi/c1-4-12(5-2,6-3)10-11(7,8)9/h4-6H2,1-3H3,(H,7,8,9). The molecule has 0 amide bonds. The van der Waals surface area contributed by atoms with E-state index in [9.17, 15) is 8.42 Å². The van der Waals surface area contributed by atoms with E-state index in [2.05, 4.69) is 0 Å². The molecule has 0 aliphatic carbocycles. The maximum absolute atomic E-state index is 10.5. The molecule has 0 rings (SSSR count). The molecule has 0 aromatic rings. The lowest BCUT2D eigenvalue weighted by atomic mass is 10.9. The molecule has 0 saturated carbocycles. The fourth-order valence-corrected chi connectivity index (χ4v) is 5.85. The van der Waals surface area contributed by atoms with Crippen molar-refractivity contribution in [2.24, 2.45) is 0 Å². The summed E-state index contributed by atoms with van der Waals surface area (Å²) in [6, 6.07) is 2.12. The van der Waals surface area contributed by atoms with Crippen LogP contribution >= 0.6 is 0 Å². The van der Waals surface area contributed by atoms with Gasteiger partial charge in [0.05, 0.1) is 0 Å². The molecule has 4 nitrogen and oxygen atoms in total. The summed E-state index contributed by atoms with van der Waals surface area (Å²) in [7, 11) is -6.45. The molecular weight excluding hydrogens is 196 g/mol. The van der Waals surface area contributed by atoms with Crippen molar-refractivity contribution in [1.82, 2.24) is 0 Å². The third-order valence-electron chi connectivity index (χ3n) is 2.22. The first kappa shape index (κ1) is 12.1. The van der Waals surface area contributed by atoms with Crippen LogP contribution in [0.25, 0.3) is 0 Å². The van der Waals surface area contributed by atoms with Crippen LogP contribution in [0.2, 0.25) is 18.1 Å². The molecule has 0 unspecified atom stereocenters. The Morgan fingerprint density at radius 1 is 1.17 bits per heavy atom. The van der Waals surface area contributed by atoms with Crippen molar-refractivity contribution in [2.45, 2.75) is 38.9 Å². The van der Waals surface area contributed by atoms with Crippen LogP contribution in [0.4, 0.5) is 0 Å². The van der Waals surface area contributed by atoms with Crippen molar-refractivity contribution in [3.8, 4) is 0 Å². The molecule has 0 radical (unpaired) electrons. The Balaban J connectivity index is 4.52. The van der Waals surface area contributed by atoms with Crippen LogP contribution in [-0.2, 0) is 14.3 Å². The molecule has 74 valence electrons. The van der Waals surface area contributed by atoms with Gasteiger partial charge in [-0.05, 0) is 18.1 Å². The van der Waals surface area contributed by atoms with Crippen LogP contribution in [-0.4, -0.2) is 21.3 Å². The summed E-state index contributed by atoms with van der Waals surface area (Å²) >= 11 is 0. The lowest BCUT2D eigenvalue weighted by Gasteiger charge is -2.24. The van der Waals surface area contributed by atoms with Gasteiger partial charge in [0.15, 0.2) is 0 Å². The molecule has 1 N–H and O–H groups in total. The third kappa shape index (κ3) is 3.66. The highest BCUT2D eigenvalue weighted by molar-refractivity contribution is 7.82. The molecule has 6 heteroatoms. The molecule has 0 fully saturated rings. The highest BCUT2D eigenvalue weighted by atomic mass is 32.3. The van der Waals surface area contributed by atoms with E-state index >= 15 is 0 Å². The number of hydrogen-bond donors (Lipinski definition) is 1. The first-order valence-electron chi connectivity index (χ1n) is 4.07. The van der Waals surface area contributed by atoms with Gasteiger partial charge < -0.3 is 0 Å². The highest BCUT2D eigenvalue weighted by Crippen LogP contribution is 2.22. The van der Waals surface area contributed by atoms with Crippen LogP contribution in [0, 0.1) is 0 Å². The van der Waals surface area contributed by atoms with E-state index in [4.69, 9.17) is 8.42 Å². The molecule has 0 saturated heterocycles. The fraction of sp³-hybridized carbons (Fsp3) is 1.00. The first-order valence-corrected chi connectivity index (χ1v) is 7.96. The van der Waals surface area contributed by atoms with Crippen LogP contribution < -0.4 is 0 Å². The maximum atomic E-state index is 10.5. The lowest BCUT2D eigenvalue weighted by Crippen LogP contribution is -2.37. The predicted molar refractivity (Wildman–Crippen MR) is 49.8 cm³/mol. The zero-order valence-electron chi connectivity index (χ0n) is 7.70. The van der Waals surface area contributed by atoms with Gasteiger partial charge in [-0.15, -0.1) is 0 Å². The Labute approximate surface area is 75.0 Å². The van der Waals surface area contributed by atoms with E-state index in [-0.39, 0.29) is 0 Å². The van der Waals surface area contributed by atoms with Crippen LogP contribution in [0.3, 0.4) is 0 Å². The molecular formula is C6H16O4SSi. The van der Waals surface area contributed by atoms with Gasteiger partial charge in [0.1, 0.15) is 0 Å². The average Bonchev–Trinajstić information content (AvgIpc) is 1.99. The summed E-state index contributed by atoms with van der Waals surface area (Å²) in [6.07, 6.45) is 0. The Hall–Kier alpha value is 0.0869. The zero-order valence-corrected chi connectivity index (χ0v) is 9.52. The lowest BCUT2D eigenvalue weighted by molar-refractivity contribution is 0.379. The van der Waals surface area contributed by atoms with E-state index in [0.717, 1.165) is 0 Å². The van der Waals surface area contributed by atoms with Gasteiger partial charge in [-0.3, -0.25) is 8.42 Å². The fourth-order valence-electron chi connectivity index (χ4n) is 1.15. The average molecular weight is 212 g/mol. The van der Waals surface area contributed by atoms with Crippen molar-refractivity contribution in [1.29, 1.82) is 0 Å². The van der Waals surface area contributed by atoms with Crippen LogP contribution in [0.1, 0.15) is 20.8 Å². The van der Waals surface area contributed by atoms with E-state index in [1.54, 1.807) is 0 Å². The Bertz CT molecular complexity index is 211. The number of hydrogen-bond acceptors (Lipinski definition) is 3. The van der Waals surface area contributed by atoms with Gasteiger partial charge in [0.25, 0.3) is 0 Å². The van der Waals surface area contributed by atoms with Crippen molar-refractivity contribution in [3.63, 3.8) is 0 Å². The molecule has 0 aromatic heterocycles. The second-order valence-electron chi connectivity index (χ2n) is 2.75. The van der Waals surface area contributed by atoms with E-state index in [1.165, 1.54) is 0 Å². The van der Waals surface area contributed by atoms with Gasteiger partial charge in [-0.2, -0.15) is 8.42 Å². The second kappa shape index (κ2) is 4.36. The van der Waals surface area contributed by atoms with Crippen LogP contribution in [0.15, 0.2) is 0 Å². The summed E-state index contributed by atoms with van der Waals surface area (Å²) in [5.41, 5.74) is 0. The van der Waals surface area contributed by atoms with Gasteiger partial charge in [0, 0.05) is 0 Å². The molecule has 12 heavy (non-hydrogen) atoms. The second-order valence-corrected chi connectivity index (χ2v) is 8.76. The molecule has 0 spiro atoms. The smallest absolute Gasteiger partial charge is 0.294 e. The van der Waals surface area contributed by atoms with E-state index in [1.807, 2.05) is 20.8 Å². The van der Waals surface area contributed by atoms with Crippen molar-refractivity contribution < 1.29 is 16.8 Å². The monoisotopic (exact) mass is 212 g/mol. The summed E-state index contributed by atoms with van der Waals surface area (Å²) in [5, 5.41) is 0. The normalized spacial score (nSPS) is 13.3. The Kier molecular flexibility index (Phi) is 4.39. The van der Waals surface area contributed by atoms with Crippen molar-refractivity contribution >= 4 is 18.7 Å². The quantitative estimate of drug-likeness (QED) is 0.557. The number of rotatable bonds is 5. The zero-order chi connectivity index (χ0) is 9.83. The van der Waals surface area contributed by atoms with Gasteiger partial charge in [-0.1, -0.05) is 20.8 Å². The SMILES string of the molecule is CC[Si](CC)(CC)OS(=O)(=O)O. The molecule has 0 aliphatic rings. The largest absolute Gasteiger partial charge is 0.387 e. The predicted octanol–water partition coefficient (Wildman–Crippen LogP) is 1.81. The molecule has 0 aromatic carbocycles. The Morgan fingerprint density at radius 3 is 1.58 bits per heavy atom. The molecule has 0 heterocycles. The molecule has 0 aliphatic heterocycles. The summed E-state index contributed by atoms with van der Waals surface area (Å²) in [6.45, 7) is 5.68. The summed E-state index contributed by atoms with van der Waals surface area (Å²) < 4.78 is 34.3. The maximum Gasteiger partial charge on any atom is 0.387 e.